The lowest BCUT2D eigenvalue weighted by molar-refractivity contribution is 0.0535. The highest BCUT2D eigenvalue weighted by molar-refractivity contribution is 14.1. The van der Waals surface area contributed by atoms with Crippen molar-refractivity contribution in [3.05, 3.63) is 0 Å². The van der Waals surface area contributed by atoms with Crippen molar-refractivity contribution in [2.45, 2.75) is 20.0 Å². The van der Waals surface area contributed by atoms with Gasteiger partial charge in [0.25, 0.3) is 0 Å². The van der Waals surface area contributed by atoms with E-state index in [0.29, 0.717) is 6.10 Å². The Bertz CT molecular complexity index is 136. The molecule has 3 nitrogen and oxygen atoms in total. The smallest absolute Gasteiger partial charge is 0.0596 e. The molecule has 0 bridgehead atoms. The number of halogens is 1. The molecule has 0 amide bonds. The van der Waals surface area contributed by atoms with Crippen LogP contribution in [0.4, 0.5) is 0 Å². The minimum Gasteiger partial charge on any atom is -0.377 e. The summed E-state index contributed by atoms with van der Waals surface area (Å²) in [6.45, 7) is 10.9. The topological polar surface area (TPSA) is 15.7 Å². The minimum atomic E-state index is 0.367. The lowest BCUT2D eigenvalue weighted by Gasteiger charge is -2.31. The highest BCUT2D eigenvalue weighted by Gasteiger charge is 2.13. The number of piperazine rings is 1. The Labute approximate surface area is 94.9 Å². The Morgan fingerprint density at radius 3 is 2.38 bits per heavy atom. The lowest BCUT2D eigenvalue weighted by atomic mass is 10.3. The Morgan fingerprint density at radius 2 is 1.85 bits per heavy atom. The van der Waals surface area contributed by atoms with Crippen LogP contribution in [-0.2, 0) is 4.74 Å². The van der Waals surface area contributed by atoms with Crippen molar-refractivity contribution in [1.29, 1.82) is 0 Å². The summed E-state index contributed by atoms with van der Waals surface area (Å²) < 4.78 is 7.86. The summed E-state index contributed by atoms with van der Waals surface area (Å²) in [6.07, 6.45) is 0.367. The maximum Gasteiger partial charge on any atom is 0.0596 e. The predicted molar refractivity (Wildman–Crippen MR) is 63.1 cm³/mol. The molecule has 0 aromatic carbocycles. The van der Waals surface area contributed by atoms with Gasteiger partial charge in [0, 0.05) is 55.6 Å². The van der Waals surface area contributed by atoms with Crippen molar-refractivity contribution in [2.24, 2.45) is 0 Å². The summed E-state index contributed by atoms with van der Waals surface area (Å²) in [7, 11) is 0. The second kappa shape index (κ2) is 6.16. The first-order valence-electron chi connectivity index (χ1n) is 4.93. The van der Waals surface area contributed by atoms with Crippen molar-refractivity contribution in [1.82, 2.24) is 8.01 Å². The van der Waals surface area contributed by atoms with E-state index in [4.69, 9.17) is 4.74 Å². The molecule has 0 spiro atoms. The van der Waals surface area contributed by atoms with E-state index in [1.54, 1.807) is 0 Å². The number of nitrogens with zero attached hydrogens (tertiary/aromatic N) is 2. The molecule has 1 fully saturated rings. The zero-order valence-corrected chi connectivity index (χ0v) is 10.7. The number of ether oxygens (including phenoxy) is 1. The van der Waals surface area contributed by atoms with Gasteiger partial charge in [-0.1, -0.05) is 0 Å². The molecule has 78 valence electrons. The highest BCUT2D eigenvalue weighted by atomic mass is 127. The van der Waals surface area contributed by atoms with E-state index in [-0.39, 0.29) is 0 Å². The van der Waals surface area contributed by atoms with Gasteiger partial charge in [-0.2, -0.15) is 0 Å². The third kappa shape index (κ3) is 5.15. The summed E-state index contributed by atoms with van der Waals surface area (Å²) in [5.41, 5.74) is 0. The molecule has 0 radical (unpaired) electrons. The van der Waals surface area contributed by atoms with E-state index < -0.39 is 0 Å². The van der Waals surface area contributed by atoms with Crippen LogP contribution < -0.4 is 0 Å². The van der Waals surface area contributed by atoms with Crippen LogP contribution in [0.3, 0.4) is 0 Å². The summed E-state index contributed by atoms with van der Waals surface area (Å²) in [5.74, 6) is 0. The number of hydrogen-bond acceptors (Lipinski definition) is 3. The molecule has 0 aromatic rings. The Morgan fingerprint density at radius 1 is 1.23 bits per heavy atom. The summed E-state index contributed by atoms with van der Waals surface area (Å²) in [4.78, 5) is 2.47. The fourth-order valence-corrected chi connectivity index (χ4v) is 1.80. The average Bonchev–Trinajstić information content (AvgIpc) is 2.08. The van der Waals surface area contributed by atoms with Gasteiger partial charge in [-0.25, -0.2) is 3.11 Å². The third-order valence-electron chi connectivity index (χ3n) is 2.18. The molecule has 1 aliphatic heterocycles. The lowest BCUT2D eigenvalue weighted by Crippen LogP contribution is -2.43. The van der Waals surface area contributed by atoms with E-state index in [1.165, 1.54) is 26.2 Å². The molecule has 13 heavy (non-hydrogen) atoms. The van der Waals surface area contributed by atoms with Gasteiger partial charge in [-0.15, -0.1) is 0 Å². The molecule has 0 saturated carbocycles. The van der Waals surface area contributed by atoms with Crippen LogP contribution in [0.5, 0.6) is 0 Å². The second-order valence-corrected chi connectivity index (χ2v) is 5.04. The van der Waals surface area contributed by atoms with Crippen LogP contribution in [0.1, 0.15) is 13.8 Å². The van der Waals surface area contributed by atoms with Crippen LogP contribution in [0.25, 0.3) is 0 Å². The molecule has 0 unspecified atom stereocenters. The maximum absolute atomic E-state index is 5.51. The SMILES string of the molecule is CC(C)OCCN1CCN(I)CC1. The van der Waals surface area contributed by atoms with E-state index in [9.17, 15) is 0 Å². The van der Waals surface area contributed by atoms with Crippen molar-refractivity contribution < 1.29 is 4.74 Å². The quantitative estimate of drug-likeness (QED) is 0.576. The van der Waals surface area contributed by atoms with Crippen molar-refractivity contribution >= 4 is 22.9 Å². The Kier molecular flexibility index (Phi) is 5.54. The zero-order chi connectivity index (χ0) is 9.68. The maximum atomic E-state index is 5.51. The molecule has 0 N–H and O–H groups in total. The van der Waals surface area contributed by atoms with Gasteiger partial charge in [-0.3, -0.25) is 4.90 Å². The molecule has 0 atom stereocenters. The van der Waals surface area contributed by atoms with Crippen LogP contribution in [0.2, 0.25) is 0 Å². The van der Waals surface area contributed by atoms with Crippen LogP contribution in [0, 0.1) is 0 Å². The predicted octanol–water partition coefficient (Wildman–Crippen LogP) is 1.38. The first-order valence-corrected chi connectivity index (χ1v) is 5.89. The molecule has 1 heterocycles. The van der Waals surface area contributed by atoms with Crippen LogP contribution in [-0.4, -0.2) is 53.4 Å². The standard InChI is InChI=1S/C9H19IN2O/c1-9(2)13-8-7-11-3-5-12(10)6-4-11/h9H,3-8H2,1-2H3. The molecule has 4 heteroatoms. The average molecular weight is 298 g/mol. The van der Waals surface area contributed by atoms with Gasteiger partial charge in [0.2, 0.25) is 0 Å². The Hall–Kier alpha value is 0.610. The molecule has 1 rings (SSSR count). The van der Waals surface area contributed by atoms with E-state index >= 15 is 0 Å². The molecule has 0 aliphatic carbocycles. The van der Waals surface area contributed by atoms with E-state index in [1.807, 2.05) is 0 Å². The first-order chi connectivity index (χ1) is 6.18. The first kappa shape index (κ1) is 11.7. The zero-order valence-electron chi connectivity index (χ0n) is 8.50. The Balaban J connectivity index is 2.02. The van der Waals surface area contributed by atoms with Gasteiger partial charge in [-0.05, 0) is 13.8 Å². The van der Waals surface area contributed by atoms with Crippen LogP contribution >= 0.6 is 22.9 Å². The summed E-state index contributed by atoms with van der Waals surface area (Å²) in [5, 5.41) is 0. The molecule has 0 aromatic heterocycles. The number of rotatable bonds is 4. The largest absolute Gasteiger partial charge is 0.377 e. The van der Waals surface area contributed by atoms with Gasteiger partial charge < -0.3 is 4.74 Å². The number of hydrogen-bond donors (Lipinski definition) is 0. The van der Waals surface area contributed by atoms with Crippen LogP contribution in [0.15, 0.2) is 0 Å². The fourth-order valence-electron chi connectivity index (χ4n) is 1.36. The van der Waals surface area contributed by atoms with Crippen molar-refractivity contribution in [2.75, 3.05) is 39.3 Å². The molecule has 1 aliphatic rings. The van der Waals surface area contributed by atoms with Gasteiger partial charge in [0.05, 0.1) is 12.7 Å². The van der Waals surface area contributed by atoms with Gasteiger partial charge in [0.1, 0.15) is 0 Å². The summed E-state index contributed by atoms with van der Waals surface area (Å²) in [6, 6.07) is 0. The monoisotopic (exact) mass is 298 g/mol. The van der Waals surface area contributed by atoms with Gasteiger partial charge in [0.15, 0.2) is 0 Å². The van der Waals surface area contributed by atoms with Gasteiger partial charge >= 0.3 is 0 Å². The summed E-state index contributed by atoms with van der Waals surface area (Å²) >= 11 is 2.39. The highest BCUT2D eigenvalue weighted by Crippen LogP contribution is 2.05. The van der Waals surface area contributed by atoms with Crippen molar-refractivity contribution in [3.63, 3.8) is 0 Å². The third-order valence-corrected chi connectivity index (χ3v) is 3.14. The van der Waals surface area contributed by atoms with E-state index in [2.05, 4.69) is 44.7 Å². The fraction of sp³-hybridized carbons (Fsp3) is 1.00. The molecular weight excluding hydrogens is 279 g/mol. The van der Waals surface area contributed by atoms with E-state index in [0.717, 1.165) is 13.2 Å². The molecule has 1 saturated heterocycles. The van der Waals surface area contributed by atoms with Crippen molar-refractivity contribution in [3.8, 4) is 0 Å². The molecular formula is C9H19IN2O. The normalized spacial score (nSPS) is 21.2. The minimum absolute atomic E-state index is 0.367. The second-order valence-electron chi connectivity index (χ2n) is 3.67.